The van der Waals surface area contributed by atoms with Crippen LogP contribution in [0.4, 0.5) is 5.95 Å². The third kappa shape index (κ3) is 2.52. The maximum atomic E-state index is 12.6. The Kier molecular flexibility index (Phi) is 3.91. The molecule has 1 saturated carbocycles. The molecule has 2 heterocycles. The monoisotopic (exact) mass is 278 g/mol. The van der Waals surface area contributed by atoms with E-state index in [-0.39, 0.29) is 12.5 Å². The standard InChI is InChI=1S/C14H22N4O2/c19-9-3-8-18(11-4-1-5-11)13(20)12-10-17-7-2-6-15-14(17)16-12/h10-11,19H,1-9H2,(H,15,16). The van der Waals surface area contributed by atoms with Crippen LogP contribution in [0.2, 0.25) is 0 Å². The summed E-state index contributed by atoms with van der Waals surface area (Å²) in [5.41, 5.74) is 0.527. The first-order chi connectivity index (χ1) is 9.79. The van der Waals surface area contributed by atoms with E-state index in [9.17, 15) is 4.79 Å². The quantitative estimate of drug-likeness (QED) is 0.845. The fourth-order valence-electron chi connectivity index (χ4n) is 2.82. The van der Waals surface area contributed by atoms with Crippen LogP contribution < -0.4 is 5.32 Å². The van der Waals surface area contributed by atoms with Gasteiger partial charge in [0, 0.05) is 38.5 Å². The van der Waals surface area contributed by atoms with Gasteiger partial charge < -0.3 is 19.9 Å². The van der Waals surface area contributed by atoms with Crippen molar-refractivity contribution in [1.82, 2.24) is 14.5 Å². The predicted octanol–water partition coefficient (Wildman–Crippen LogP) is 1.08. The lowest BCUT2D eigenvalue weighted by atomic mass is 9.91. The number of aliphatic hydroxyl groups excluding tert-OH is 1. The van der Waals surface area contributed by atoms with Crippen molar-refractivity contribution < 1.29 is 9.90 Å². The van der Waals surface area contributed by atoms with Gasteiger partial charge >= 0.3 is 0 Å². The van der Waals surface area contributed by atoms with Gasteiger partial charge in [-0.25, -0.2) is 4.98 Å². The van der Waals surface area contributed by atoms with Gasteiger partial charge in [-0.05, 0) is 32.1 Å². The third-order valence-corrected chi connectivity index (χ3v) is 4.19. The summed E-state index contributed by atoms with van der Waals surface area (Å²) >= 11 is 0. The van der Waals surface area contributed by atoms with Crippen molar-refractivity contribution in [3.63, 3.8) is 0 Å². The summed E-state index contributed by atoms with van der Waals surface area (Å²) in [6.07, 6.45) is 6.89. The molecule has 1 amide bonds. The largest absolute Gasteiger partial charge is 0.396 e. The Bertz CT molecular complexity index is 458. The Labute approximate surface area is 118 Å². The van der Waals surface area contributed by atoms with Gasteiger partial charge in [-0.15, -0.1) is 0 Å². The van der Waals surface area contributed by atoms with Gasteiger partial charge in [0.1, 0.15) is 5.69 Å². The van der Waals surface area contributed by atoms with E-state index in [1.54, 1.807) is 0 Å². The van der Waals surface area contributed by atoms with Gasteiger partial charge in [0.05, 0.1) is 0 Å². The van der Waals surface area contributed by atoms with E-state index < -0.39 is 0 Å². The minimum absolute atomic E-state index is 0.00634. The molecule has 3 rings (SSSR count). The van der Waals surface area contributed by atoms with E-state index in [4.69, 9.17) is 5.11 Å². The molecule has 1 aliphatic heterocycles. The molecule has 6 heteroatoms. The second-order valence-corrected chi connectivity index (χ2v) is 5.58. The molecule has 0 saturated heterocycles. The number of nitrogens with one attached hydrogen (secondary N) is 1. The fraction of sp³-hybridized carbons (Fsp3) is 0.714. The normalized spacial score (nSPS) is 18.1. The number of amides is 1. The first kappa shape index (κ1) is 13.4. The summed E-state index contributed by atoms with van der Waals surface area (Å²) in [5, 5.41) is 12.2. The van der Waals surface area contributed by atoms with Gasteiger partial charge in [0.25, 0.3) is 5.91 Å². The molecule has 1 fully saturated rings. The molecule has 0 spiro atoms. The number of aryl methyl sites for hydroxylation is 1. The zero-order chi connectivity index (χ0) is 13.9. The maximum absolute atomic E-state index is 12.6. The second-order valence-electron chi connectivity index (χ2n) is 5.58. The molecule has 1 aromatic rings. The van der Waals surface area contributed by atoms with E-state index in [2.05, 4.69) is 10.3 Å². The molecular weight excluding hydrogens is 256 g/mol. The lowest BCUT2D eigenvalue weighted by molar-refractivity contribution is 0.0557. The Balaban J connectivity index is 1.75. The molecule has 0 bridgehead atoms. The highest BCUT2D eigenvalue weighted by Crippen LogP contribution is 2.26. The van der Waals surface area contributed by atoms with E-state index in [0.29, 0.717) is 24.7 Å². The van der Waals surface area contributed by atoms with Crippen LogP contribution in [0.1, 0.15) is 42.6 Å². The highest BCUT2D eigenvalue weighted by Gasteiger charge is 2.30. The first-order valence-corrected chi connectivity index (χ1v) is 7.52. The Morgan fingerprint density at radius 1 is 1.50 bits per heavy atom. The van der Waals surface area contributed by atoms with Gasteiger partial charge in [-0.1, -0.05) is 0 Å². The van der Waals surface area contributed by atoms with Gasteiger partial charge in [-0.2, -0.15) is 0 Å². The molecule has 6 nitrogen and oxygen atoms in total. The van der Waals surface area contributed by atoms with Crippen LogP contribution >= 0.6 is 0 Å². The maximum Gasteiger partial charge on any atom is 0.274 e. The lowest BCUT2D eigenvalue weighted by Crippen LogP contribution is -2.45. The molecule has 20 heavy (non-hydrogen) atoms. The second kappa shape index (κ2) is 5.83. The number of imidazole rings is 1. The number of rotatable bonds is 5. The number of carbonyl (C=O) groups is 1. The first-order valence-electron chi connectivity index (χ1n) is 7.52. The Hall–Kier alpha value is -1.56. The molecule has 0 aromatic carbocycles. The van der Waals surface area contributed by atoms with Crippen molar-refractivity contribution in [2.45, 2.75) is 44.7 Å². The molecule has 2 aliphatic rings. The fourth-order valence-corrected chi connectivity index (χ4v) is 2.82. The molecule has 1 aromatic heterocycles. The van der Waals surface area contributed by atoms with Crippen molar-refractivity contribution in [2.24, 2.45) is 0 Å². The number of anilines is 1. The molecule has 110 valence electrons. The third-order valence-electron chi connectivity index (χ3n) is 4.19. The highest BCUT2D eigenvalue weighted by molar-refractivity contribution is 5.93. The van der Waals surface area contributed by atoms with E-state index in [1.165, 1.54) is 6.42 Å². The van der Waals surface area contributed by atoms with Crippen molar-refractivity contribution in [3.8, 4) is 0 Å². The van der Waals surface area contributed by atoms with Crippen LogP contribution in [-0.4, -0.2) is 51.2 Å². The van der Waals surface area contributed by atoms with Crippen molar-refractivity contribution in [2.75, 3.05) is 25.0 Å². The summed E-state index contributed by atoms with van der Waals surface area (Å²) in [7, 11) is 0. The van der Waals surface area contributed by atoms with E-state index in [1.807, 2.05) is 15.7 Å². The molecule has 0 unspecified atom stereocenters. The van der Waals surface area contributed by atoms with Crippen molar-refractivity contribution >= 4 is 11.9 Å². The number of nitrogens with zero attached hydrogens (tertiary/aromatic N) is 3. The number of fused-ring (bicyclic) bond motifs is 1. The van der Waals surface area contributed by atoms with Crippen LogP contribution in [0.3, 0.4) is 0 Å². The van der Waals surface area contributed by atoms with Crippen LogP contribution in [-0.2, 0) is 6.54 Å². The number of hydrogen-bond acceptors (Lipinski definition) is 4. The topological polar surface area (TPSA) is 70.4 Å². The summed E-state index contributed by atoms with van der Waals surface area (Å²) in [6, 6.07) is 0.334. The zero-order valence-corrected chi connectivity index (χ0v) is 11.7. The number of aromatic nitrogens is 2. The Morgan fingerprint density at radius 3 is 3.00 bits per heavy atom. The molecule has 2 N–H and O–H groups in total. The molecule has 0 radical (unpaired) electrons. The van der Waals surface area contributed by atoms with Gasteiger partial charge in [0.15, 0.2) is 0 Å². The van der Waals surface area contributed by atoms with Crippen molar-refractivity contribution in [1.29, 1.82) is 0 Å². The van der Waals surface area contributed by atoms with E-state index in [0.717, 1.165) is 38.3 Å². The predicted molar refractivity (Wildman–Crippen MR) is 75.7 cm³/mol. The number of hydrogen-bond donors (Lipinski definition) is 2. The Morgan fingerprint density at radius 2 is 2.35 bits per heavy atom. The SMILES string of the molecule is O=C(c1cn2c(n1)NCCC2)N(CCCO)C1CCC1. The summed E-state index contributed by atoms with van der Waals surface area (Å²) in [4.78, 5) is 19.0. The summed E-state index contributed by atoms with van der Waals surface area (Å²) in [6.45, 7) is 2.58. The smallest absolute Gasteiger partial charge is 0.274 e. The summed E-state index contributed by atoms with van der Waals surface area (Å²) in [5.74, 6) is 0.808. The van der Waals surface area contributed by atoms with E-state index >= 15 is 0 Å². The van der Waals surface area contributed by atoms with Gasteiger partial charge in [0.2, 0.25) is 5.95 Å². The minimum atomic E-state index is 0.00634. The number of aliphatic hydroxyl groups is 1. The summed E-state index contributed by atoms with van der Waals surface area (Å²) < 4.78 is 2.02. The average molecular weight is 278 g/mol. The molecule has 1 aliphatic carbocycles. The van der Waals surface area contributed by atoms with Crippen LogP contribution in [0, 0.1) is 0 Å². The average Bonchev–Trinajstić information content (AvgIpc) is 2.84. The molecule has 0 atom stereocenters. The molecular formula is C14H22N4O2. The van der Waals surface area contributed by atoms with Crippen LogP contribution in [0.25, 0.3) is 0 Å². The minimum Gasteiger partial charge on any atom is -0.396 e. The number of carbonyl (C=O) groups excluding carboxylic acids is 1. The zero-order valence-electron chi connectivity index (χ0n) is 11.7. The van der Waals surface area contributed by atoms with Crippen LogP contribution in [0.5, 0.6) is 0 Å². The lowest BCUT2D eigenvalue weighted by Gasteiger charge is -2.37. The van der Waals surface area contributed by atoms with Gasteiger partial charge in [-0.3, -0.25) is 4.79 Å². The highest BCUT2D eigenvalue weighted by atomic mass is 16.3. The van der Waals surface area contributed by atoms with Crippen molar-refractivity contribution in [3.05, 3.63) is 11.9 Å². The van der Waals surface area contributed by atoms with Crippen LogP contribution in [0.15, 0.2) is 6.20 Å².